The predicted octanol–water partition coefficient (Wildman–Crippen LogP) is 1.20. The molecule has 0 atom stereocenters. The number of carbonyl (C=O) groups is 1. The zero-order valence-corrected chi connectivity index (χ0v) is 12.3. The molecular formula is C13H17N5OS. The van der Waals surface area contributed by atoms with E-state index < -0.39 is 0 Å². The van der Waals surface area contributed by atoms with Crippen LogP contribution in [0.25, 0.3) is 10.6 Å². The van der Waals surface area contributed by atoms with Gasteiger partial charge < -0.3 is 16.0 Å². The van der Waals surface area contributed by atoms with Crippen molar-refractivity contribution < 1.29 is 4.79 Å². The minimum absolute atomic E-state index is 0.0561. The number of nitrogens with one attached hydrogen (secondary N) is 3. The van der Waals surface area contributed by atoms with Crippen molar-refractivity contribution in [2.24, 2.45) is 0 Å². The van der Waals surface area contributed by atoms with Gasteiger partial charge in [0.05, 0.1) is 15.4 Å². The number of hydrogen-bond donors (Lipinski definition) is 3. The number of hydrogen-bond acceptors (Lipinski definition) is 6. The molecule has 2 rings (SSSR count). The summed E-state index contributed by atoms with van der Waals surface area (Å²) in [4.78, 5) is 22.0. The van der Waals surface area contributed by atoms with Crippen molar-refractivity contribution in [2.45, 2.75) is 0 Å². The van der Waals surface area contributed by atoms with E-state index in [-0.39, 0.29) is 5.91 Å². The van der Waals surface area contributed by atoms with Crippen LogP contribution in [0.5, 0.6) is 0 Å². The van der Waals surface area contributed by atoms with Gasteiger partial charge in [-0.05, 0) is 25.2 Å². The molecule has 0 aliphatic rings. The Morgan fingerprint density at radius 3 is 2.85 bits per heavy atom. The highest BCUT2D eigenvalue weighted by atomic mass is 32.1. The van der Waals surface area contributed by atoms with Crippen LogP contribution in [-0.4, -0.2) is 43.1 Å². The van der Waals surface area contributed by atoms with E-state index in [0.717, 1.165) is 17.1 Å². The largest absolute Gasteiger partial charge is 0.357 e. The first-order chi connectivity index (χ1) is 9.74. The fourth-order valence-electron chi connectivity index (χ4n) is 1.60. The second-order valence-corrected chi connectivity index (χ2v) is 5.12. The van der Waals surface area contributed by atoms with Gasteiger partial charge >= 0.3 is 0 Å². The molecule has 0 aliphatic heterocycles. The van der Waals surface area contributed by atoms with Crippen molar-refractivity contribution in [3.63, 3.8) is 0 Å². The summed E-state index contributed by atoms with van der Waals surface area (Å²) in [6.45, 7) is 1.36. The van der Waals surface area contributed by atoms with E-state index >= 15 is 0 Å². The maximum Gasteiger partial charge on any atom is 0.261 e. The number of rotatable bonds is 6. The van der Waals surface area contributed by atoms with Crippen LogP contribution in [0.1, 0.15) is 9.67 Å². The predicted molar refractivity (Wildman–Crippen MR) is 81.2 cm³/mol. The average molecular weight is 291 g/mol. The van der Waals surface area contributed by atoms with Gasteiger partial charge in [-0.2, -0.15) is 0 Å². The van der Waals surface area contributed by atoms with E-state index in [1.165, 1.54) is 11.3 Å². The lowest BCUT2D eigenvalue weighted by molar-refractivity contribution is 0.0958. The van der Waals surface area contributed by atoms with E-state index in [9.17, 15) is 4.79 Å². The first-order valence-corrected chi connectivity index (χ1v) is 7.10. The molecule has 20 heavy (non-hydrogen) atoms. The Morgan fingerprint density at radius 1 is 1.25 bits per heavy atom. The molecule has 3 N–H and O–H groups in total. The van der Waals surface area contributed by atoms with E-state index in [1.54, 1.807) is 13.2 Å². The SMILES string of the molecule is CNCCNC(=O)c1ccc(-c2ccnc(NC)n2)s1. The summed E-state index contributed by atoms with van der Waals surface area (Å²) in [5.74, 6) is 0.510. The summed E-state index contributed by atoms with van der Waals surface area (Å²) in [7, 11) is 3.62. The van der Waals surface area contributed by atoms with Gasteiger partial charge in [-0.25, -0.2) is 9.97 Å². The molecule has 7 heteroatoms. The fraction of sp³-hybridized carbons (Fsp3) is 0.308. The average Bonchev–Trinajstić information content (AvgIpc) is 2.97. The Bertz CT molecular complexity index is 584. The highest BCUT2D eigenvalue weighted by molar-refractivity contribution is 7.17. The molecule has 0 saturated heterocycles. The highest BCUT2D eigenvalue weighted by Crippen LogP contribution is 2.26. The van der Waals surface area contributed by atoms with Crippen LogP contribution in [0.3, 0.4) is 0 Å². The third-order valence-electron chi connectivity index (χ3n) is 2.62. The van der Waals surface area contributed by atoms with Gasteiger partial charge in [0.2, 0.25) is 5.95 Å². The number of likely N-dealkylation sites (N-methyl/N-ethyl adjacent to an activating group) is 1. The van der Waals surface area contributed by atoms with Gasteiger partial charge in [0.1, 0.15) is 0 Å². The molecule has 1 amide bonds. The molecule has 0 fully saturated rings. The lowest BCUT2D eigenvalue weighted by atomic mass is 10.3. The number of aromatic nitrogens is 2. The van der Waals surface area contributed by atoms with E-state index in [4.69, 9.17) is 0 Å². The van der Waals surface area contributed by atoms with E-state index in [2.05, 4.69) is 25.9 Å². The molecule has 0 saturated carbocycles. The monoisotopic (exact) mass is 291 g/mol. The van der Waals surface area contributed by atoms with Crippen LogP contribution in [0.15, 0.2) is 24.4 Å². The molecule has 106 valence electrons. The van der Waals surface area contributed by atoms with Crippen molar-refractivity contribution in [1.29, 1.82) is 0 Å². The number of amides is 1. The van der Waals surface area contributed by atoms with Gasteiger partial charge in [0.25, 0.3) is 5.91 Å². The van der Waals surface area contributed by atoms with Crippen LogP contribution in [0, 0.1) is 0 Å². The highest BCUT2D eigenvalue weighted by Gasteiger charge is 2.10. The molecule has 0 spiro atoms. The van der Waals surface area contributed by atoms with E-state index in [1.807, 2.05) is 25.2 Å². The van der Waals surface area contributed by atoms with Gasteiger partial charge in [-0.3, -0.25) is 4.79 Å². The summed E-state index contributed by atoms with van der Waals surface area (Å²) in [5, 5.41) is 8.73. The van der Waals surface area contributed by atoms with Gasteiger partial charge in [-0.15, -0.1) is 11.3 Å². The number of thiophene rings is 1. The molecule has 0 unspecified atom stereocenters. The third-order valence-corrected chi connectivity index (χ3v) is 3.73. The summed E-state index contributed by atoms with van der Waals surface area (Å²) in [6.07, 6.45) is 1.69. The zero-order chi connectivity index (χ0) is 14.4. The Hall–Kier alpha value is -1.99. The maximum atomic E-state index is 11.9. The Labute approximate surface area is 121 Å². The van der Waals surface area contributed by atoms with Crippen molar-refractivity contribution in [3.05, 3.63) is 29.3 Å². The normalized spacial score (nSPS) is 10.3. The minimum atomic E-state index is -0.0561. The first kappa shape index (κ1) is 14.4. The molecule has 0 aromatic carbocycles. The van der Waals surface area contributed by atoms with Crippen LogP contribution in [0.2, 0.25) is 0 Å². The first-order valence-electron chi connectivity index (χ1n) is 6.28. The van der Waals surface area contributed by atoms with Crippen LogP contribution >= 0.6 is 11.3 Å². The van der Waals surface area contributed by atoms with Crippen LogP contribution < -0.4 is 16.0 Å². The maximum absolute atomic E-state index is 11.9. The van der Waals surface area contributed by atoms with Gasteiger partial charge in [0.15, 0.2) is 0 Å². The molecule has 0 aliphatic carbocycles. The van der Waals surface area contributed by atoms with Crippen LogP contribution in [0.4, 0.5) is 5.95 Å². The molecule has 2 heterocycles. The molecule has 2 aromatic heterocycles. The summed E-state index contributed by atoms with van der Waals surface area (Å²) < 4.78 is 0. The smallest absolute Gasteiger partial charge is 0.261 e. The summed E-state index contributed by atoms with van der Waals surface area (Å²) in [5.41, 5.74) is 0.809. The minimum Gasteiger partial charge on any atom is -0.357 e. The van der Waals surface area contributed by atoms with Crippen molar-refractivity contribution in [2.75, 3.05) is 32.5 Å². The number of nitrogens with zero attached hydrogens (tertiary/aromatic N) is 2. The second-order valence-electron chi connectivity index (χ2n) is 4.04. The molecular weight excluding hydrogens is 274 g/mol. The van der Waals surface area contributed by atoms with Crippen LogP contribution in [-0.2, 0) is 0 Å². The molecule has 6 nitrogen and oxygen atoms in total. The topological polar surface area (TPSA) is 78.9 Å². The van der Waals surface area contributed by atoms with E-state index in [0.29, 0.717) is 17.4 Å². The standard InChI is InChI=1S/C13H17N5OS/c1-14-7-8-16-12(19)11-4-3-10(20-11)9-5-6-17-13(15-2)18-9/h3-6,14H,7-8H2,1-2H3,(H,16,19)(H,15,17,18). The van der Waals surface area contributed by atoms with Crippen molar-refractivity contribution >= 4 is 23.2 Å². The lowest BCUT2D eigenvalue weighted by Crippen LogP contribution is -2.29. The Balaban J connectivity index is 2.09. The number of anilines is 1. The van der Waals surface area contributed by atoms with Gasteiger partial charge in [-0.1, -0.05) is 0 Å². The third kappa shape index (κ3) is 3.52. The summed E-state index contributed by atoms with van der Waals surface area (Å²) in [6, 6.07) is 5.55. The second kappa shape index (κ2) is 6.97. The summed E-state index contributed by atoms with van der Waals surface area (Å²) >= 11 is 1.42. The number of carbonyl (C=O) groups excluding carboxylic acids is 1. The fourth-order valence-corrected chi connectivity index (χ4v) is 2.49. The molecule has 0 bridgehead atoms. The molecule has 2 aromatic rings. The van der Waals surface area contributed by atoms with Gasteiger partial charge in [0, 0.05) is 26.3 Å². The molecule has 0 radical (unpaired) electrons. The zero-order valence-electron chi connectivity index (χ0n) is 11.4. The quantitative estimate of drug-likeness (QED) is 0.697. The Morgan fingerprint density at radius 2 is 2.10 bits per heavy atom. The lowest BCUT2D eigenvalue weighted by Gasteiger charge is -2.02. The Kier molecular flexibility index (Phi) is 5.03. The van der Waals surface area contributed by atoms with Crippen molar-refractivity contribution in [1.82, 2.24) is 20.6 Å². The van der Waals surface area contributed by atoms with Crippen molar-refractivity contribution in [3.8, 4) is 10.6 Å².